The fourth-order valence-electron chi connectivity index (χ4n) is 8.77. The van der Waals surface area contributed by atoms with Crippen molar-refractivity contribution in [1.29, 1.82) is 0 Å². The van der Waals surface area contributed by atoms with Crippen LogP contribution in [0.5, 0.6) is 0 Å². The Labute approximate surface area is 392 Å². The molecule has 2 nitrogen and oxygen atoms in total. The standard InChI is InChI=1S/C56H92N2.2CH3.Ni/c1-7-13-19-21-23-25-27-29-31-33-37-50-42-51(38-34-32-30-28-26-24-22-20-14-8-2)46-54(45-50)56(55(40-18-12-6)52(47-58-57)39-17-11-5)53-43-48(35-15-9-3)41-49(44-53)36-16-10-4;;;/h41-46H,7-40H2,1-6H3;2*1H3;/q;2*-1;+2. The maximum absolute atomic E-state index is 10.0. The number of hydrogen-bond acceptors (Lipinski definition) is 0. The molecule has 0 aliphatic carbocycles. The molecule has 2 rings (SSSR count). The second-order valence-corrected chi connectivity index (χ2v) is 17.9. The van der Waals surface area contributed by atoms with Gasteiger partial charge in [0.2, 0.25) is 0 Å². The molecule has 0 N–H and O–H groups in total. The Morgan fingerprint density at radius 2 is 0.689 bits per heavy atom. The largest absolute Gasteiger partial charge is 2.00 e. The van der Waals surface area contributed by atoms with Crippen molar-refractivity contribution in [3.8, 4) is 0 Å². The van der Waals surface area contributed by atoms with Gasteiger partial charge in [-0.05, 0) is 122 Å². The minimum Gasteiger partial charge on any atom is -0.358 e. The predicted molar refractivity (Wildman–Crippen MR) is 271 cm³/mol. The van der Waals surface area contributed by atoms with Crippen LogP contribution in [0.4, 0.5) is 0 Å². The summed E-state index contributed by atoms with van der Waals surface area (Å²) in [5.41, 5.74) is 22.5. The smallest absolute Gasteiger partial charge is 0.358 e. The average molecular weight is 882 g/mol. The molecule has 0 bridgehead atoms. The Morgan fingerprint density at radius 3 is 1.02 bits per heavy atom. The zero-order valence-electron chi connectivity index (χ0n) is 41.7. The van der Waals surface area contributed by atoms with Crippen LogP contribution in [0.1, 0.15) is 268 Å². The van der Waals surface area contributed by atoms with Gasteiger partial charge in [0.25, 0.3) is 0 Å². The number of benzene rings is 2. The maximum atomic E-state index is 10.0. The van der Waals surface area contributed by atoms with Crippen molar-refractivity contribution in [2.24, 2.45) is 0 Å². The Hall–Kier alpha value is -2.17. The van der Waals surface area contributed by atoms with E-state index in [-0.39, 0.29) is 31.3 Å². The van der Waals surface area contributed by atoms with E-state index < -0.39 is 0 Å². The number of nitrogens with zero attached hydrogens (tertiary/aromatic N) is 2. The molecule has 0 saturated heterocycles. The quantitative estimate of drug-likeness (QED) is 0.0123. The molecular weight excluding hydrogens is 783 g/mol. The molecule has 0 radical (unpaired) electrons. The molecular formula is C58H98N2Ni. The van der Waals surface area contributed by atoms with E-state index in [0.29, 0.717) is 0 Å². The first-order chi connectivity index (χ1) is 28.5. The third kappa shape index (κ3) is 27.6. The summed E-state index contributed by atoms with van der Waals surface area (Å²) in [5, 5.41) is 0. The van der Waals surface area contributed by atoms with E-state index >= 15 is 0 Å². The molecule has 2 aromatic carbocycles. The Balaban J connectivity index is 0. The van der Waals surface area contributed by atoms with Crippen molar-refractivity contribution in [1.82, 2.24) is 0 Å². The first-order valence-electron chi connectivity index (χ1n) is 25.5. The monoisotopic (exact) mass is 881 g/mol. The molecule has 0 unspecified atom stereocenters. The molecule has 0 spiro atoms. The molecule has 3 heteroatoms. The average Bonchev–Trinajstić information content (AvgIpc) is 3.23. The summed E-state index contributed by atoms with van der Waals surface area (Å²) in [6.45, 7) is 13.8. The predicted octanol–water partition coefficient (Wildman–Crippen LogP) is 19.2. The second-order valence-electron chi connectivity index (χ2n) is 17.9. The minimum absolute atomic E-state index is 0. The fraction of sp³-hybridized carbons (Fsp3) is 0.690. The van der Waals surface area contributed by atoms with Gasteiger partial charge in [-0.1, -0.05) is 219 Å². The molecule has 61 heavy (non-hydrogen) atoms. The Kier molecular flexibility index (Phi) is 41.8. The molecule has 350 valence electrons. The third-order valence-corrected chi connectivity index (χ3v) is 12.4. The Morgan fingerprint density at radius 1 is 0.393 bits per heavy atom. The van der Waals surface area contributed by atoms with Crippen LogP contribution in [-0.4, -0.2) is 10.7 Å². The first-order valence-corrected chi connectivity index (χ1v) is 25.5. The summed E-state index contributed by atoms with van der Waals surface area (Å²) < 4.78 is 0. The number of aryl methyl sites for hydroxylation is 4. The number of rotatable bonds is 37. The van der Waals surface area contributed by atoms with E-state index in [4.69, 9.17) is 0 Å². The fourth-order valence-corrected chi connectivity index (χ4v) is 8.77. The van der Waals surface area contributed by atoms with E-state index in [1.165, 1.54) is 199 Å². The molecule has 0 heterocycles. The second kappa shape index (κ2) is 41.8. The van der Waals surface area contributed by atoms with Crippen LogP contribution < -0.4 is 0 Å². The molecule has 0 aliphatic rings. The first kappa shape index (κ1) is 60.9. The molecule has 0 atom stereocenters. The van der Waals surface area contributed by atoms with Gasteiger partial charge in [-0.15, -0.1) is 4.79 Å². The van der Waals surface area contributed by atoms with Crippen molar-refractivity contribution < 1.29 is 21.3 Å². The van der Waals surface area contributed by atoms with Gasteiger partial charge >= 0.3 is 22.4 Å². The van der Waals surface area contributed by atoms with Crippen molar-refractivity contribution >= 4 is 11.4 Å². The summed E-state index contributed by atoms with van der Waals surface area (Å²) in [6.07, 6.45) is 43.1. The zero-order valence-corrected chi connectivity index (χ0v) is 42.7. The van der Waals surface area contributed by atoms with E-state index in [1.807, 2.05) is 0 Å². The molecule has 0 aromatic heterocycles. The molecule has 0 aliphatic heterocycles. The van der Waals surface area contributed by atoms with Gasteiger partial charge in [0.05, 0.1) is 5.57 Å². The molecule has 0 saturated carbocycles. The van der Waals surface area contributed by atoms with E-state index in [1.54, 1.807) is 0 Å². The SMILES string of the molecule is CCCCCCCCCCCCc1cc(CCCCCCCCCCCC)cc(C(=C(CCCC)C(=C=[N+]=[N-])CCCC)c2cc(CCCC)cc(CCCC)c2)c1.[CH3-].[CH3-].[Ni+2]. The van der Waals surface area contributed by atoms with Crippen molar-refractivity contribution in [2.45, 2.75) is 260 Å². The number of allylic oxidation sites excluding steroid dienone is 2. The summed E-state index contributed by atoms with van der Waals surface area (Å²) in [7, 11) is 0. The van der Waals surface area contributed by atoms with Gasteiger partial charge in [-0.3, -0.25) is 0 Å². The summed E-state index contributed by atoms with van der Waals surface area (Å²) in [4.78, 5) is 3.60. The Bertz CT molecular complexity index is 1390. The normalized spacial score (nSPS) is 11.2. The zero-order chi connectivity index (χ0) is 41.9. The summed E-state index contributed by atoms with van der Waals surface area (Å²) >= 11 is 0. The third-order valence-electron chi connectivity index (χ3n) is 12.4. The van der Waals surface area contributed by atoms with Crippen LogP contribution in [0.2, 0.25) is 0 Å². The number of unbranched alkanes of at least 4 members (excludes halogenated alkanes) is 22. The van der Waals surface area contributed by atoms with Crippen molar-refractivity contribution in [2.75, 3.05) is 0 Å². The van der Waals surface area contributed by atoms with Crippen LogP contribution in [0.3, 0.4) is 0 Å². The summed E-state index contributed by atoms with van der Waals surface area (Å²) in [6, 6.07) is 15.2. The van der Waals surface area contributed by atoms with Crippen LogP contribution in [0, 0.1) is 14.9 Å². The molecule has 0 fully saturated rings. The van der Waals surface area contributed by atoms with Gasteiger partial charge in [-0.2, -0.15) is 0 Å². The van der Waals surface area contributed by atoms with E-state index in [0.717, 1.165) is 69.8 Å². The van der Waals surface area contributed by atoms with Crippen LogP contribution in [-0.2, 0) is 42.2 Å². The molecule has 2 aromatic rings. The van der Waals surface area contributed by atoms with Gasteiger partial charge < -0.3 is 20.4 Å². The van der Waals surface area contributed by atoms with Gasteiger partial charge in [0.15, 0.2) is 0 Å². The van der Waals surface area contributed by atoms with Gasteiger partial charge in [0.1, 0.15) is 0 Å². The maximum Gasteiger partial charge on any atom is 2.00 e. The van der Waals surface area contributed by atoms with E-state index in [2.05, 4.69) is 88.6 Å². The van der Waals surface area contributed by atoms with Gasteiger partial charge in [-0.25, -0.2) is 0 Å². The topological polar surface area (TPSA) is 36.4 Å². The van der Waals surface area contributed by atoms with Crippen molar-refractivity contribution in [3.05, 3.63) is 101 Å². The van der Waals surface area contributed by atoms with Crippen molar-refractivity contribution in [3.63, 3.8) is 0 Å². The van der Waals surface area contributed by atoms with Gasteiger partial charge in [0, 0.05) is 0 Å². The number of hydrogen-bond donors (Lipinski definition) is 0. The van der Waals surface area contributed by atoms with E-state index in [9.17, 15) is 5.53 Å². The van der Waals surface area contributed by atoms with Crippen LogP contribution in [0.25, 0.3) is 11.1 Å². The van der Waals surface area contributed by atoms with Crippen LogP contribution >= 0.6 is 0 Å². The molecule has 0 amide bonds. The minimum atomic E-state index is 0. The van der Waals surface area contributed by atoms with Crippen LogP contribution in [0.15, 0.2) is 47.5 Å². The summed E-state index contributed by atoms with van der Waals surface area (Å²) in [5.74, 6) is 3.16.